The van der Waals surface area contributed by atoms with Gasteiger partial charge in [-0.05, 0) is 18.4 Å². The van der Waals surface area contributed by atoms with Crippen molar-refractivity contribution in [2.45, 2.75) is 12.8 Å². The summed E-state index contributed by atoms with van der Waals surface area (Å²) in [5.41, 5.74) is 1.08. The molecule has 0 radical (unpaired) electrons. The van der Waals surface area contributed by atoms with Crippen LogP contribution in [0.5, 0.6) is 0 Å². The Kier molecular flexibility index (Phi) is 2.83. The lowest BCUT2D eigenvalue weighted by atomic mass is 10.1. The van der Waals surface area contributed by atoms with E-state index in [1.165, 1.54) is 0 Å². The van der Waals surface area contributed by atoms with Crippen LogP contribution in [0.2, 0.25) is 0 Å². The number of hydrogen-bond donors (Lipinski definition) is 1. The van der Waals surface area contributed by atoms with Crippen LogP contribution in [0.25, 0.3) is 0 Å². The molecular weight excluding hydrogens is 138 g/mol. The number of hydrogen-bond acceptors (Lipinski definition) is 2. The molecule has 0 atom stereocenters. The molecule has 0 spiro atoms. The highest BCUT2D eigenvalue weighted by molar-refractivity contribution is 6.04. The Morgan fingerprint density at radius 3 is 3.18 bits per heavy atom. The molecule has 0 aromatic carbocycles. The number of nitrogens with one attached hydrogen (secondary N) is 1. The van der Waals surface area contributed by atoms with Gasteiger partial charge in [0.1, 0.15) is 5.84 Å². The van der Waals surface area contributed by atoms with Gasteiger partial charge in [-0.25, -0.2) is 0 Å². The van der Waals surface area contributed by atoms with Gasteiger partial charge in [0.2, 0.25) is 0 Å². The second kappa shape index (κ2) is 3.91. The molecule has 0 bridgehead atoms. The maximum Gasteiger partial charge on any atom is 0.128 e. The molecule has 1 aliphatic rings. The monoisotopic (exact) mass is 151 g/mol. The Bertz CT molecular complexity index is 203. The van der Waals surface area contributed by atoms with Gasteiger partial charge in [-0.2, -0.15) is 0 Å². The lowest BCUT2D eigenvalue weighted by molar-refractivity contribution is 0.808. The van der Waals surface area contributed by atoms with E-state index in [1.807, 2.05) is 0 Å². The minimum Gasteiger partial charge on any atom is -0.332 e. The van der Waals surface area contributed by atoms with Crippen LogP contribution < -0.4 is 5.32 Å². The number of amidine groups is 1. The molecule has 3 nitrogen and oxygen atoms in total. The molecule has 1 N–H and O–H groups in total. The highest BCUT2D eigenvalue weighted by Gasteiger charge is 2.06. The Labute approximate surface area is 66.9 Å². The standard InChI is InChI=1S/C8H13N3/c1-7-4-3-5-10-8(7)11-6-9-2/h6H,1,3-5H2,2H3,(H,9,10,11). The predicted octanol–water partition coefficient (Wildman–Crippen LogP) is 0.983. The SMILES string of the molecule is C=C1CCCN=C1NC=NC. The van der Waals surface area contributed by atoms with E-state index in [9.17, 15) is 0 Å². The van der Waals surface area contributed by atoms with Gasteiger partial charge in [0.15, 0.2) is 0 Å². The maximum absolute atomic E-state index is 4.26. The van der Waals surface area contributed by atoms with Gasteiger partial charge < -0.3 is 5.32 Å². The molecule has 0 amide bonds. The molecule has 11 heavy (non-hydrogen) atoms. The second-order valence-electron chi connectivity index (χ2n) is 2.47. The number of aliphatic imine (C=N–C) groups is 2. The first-order valence-electron chi connectivity index (χ1n) is 3.74. The topological polar surface area (TPSA) is 36.8 Å². The molecule has 3 heteroatoms. The molecule has 0 aromatic rings. The van der Waals surface area contributed by atoms with Crippen LogP contribution in [0.1, 0.15) is 12.8 Å². The Morgan fingerprint density at radius 1 is 1.73 bits per heavy atom. The molecule has 0 aromatic heterocycles. The highest BCUT2D eigenvalue weighted by Crippen LogP contribution is 2.08. The van der Waals surface area contributed by atoms with Gasteiger partial charge in [-0.1, -0.05) is 6.58 Å². The van der Waals surface area contributed by atoms with Gasteiger partial charge in [0.25, 0.3) is 0 Å². The molecule has 0 unspecified atom stereocenters. The minimum atomic E-state index is 0.891. The van der Waals surface area contributed by atoms with E-state index >= 15 is 0 Å². The van der Waals surface area contributed by atoms with Crippen LogP contribution in [0.4, 0.5) is 0 Å². The average Bonchev–Trinajstić information content (AvgIpc) is 2.03. The lowest BCUT2D eigenvalue weighted by Crippen LogP contribution is -2.26. The summed E-state index contributed by atoms with van der Waals surface area (Å²) in [5, 5.41) is 2.98. The van der Waals surface area contributed by atoms with Crippen LogP contribution >= 0.6 is 0 Å². The van der Waals surface area contributed by atoms with Crippen molar-refractivity contribution in [2.24, 2.45) is 9.98 Å². The van der Waals surface area contributed by atoms with Crippen LogP contribution in [0.3, 0.4) is 0 Å². The smallest absolute Gasteiger partial charge is 0.128 e. The first-order chi connectivity index (χ1) is 5.34. The second-order valence-corrected chi connectivity index (χ2v) is 2.47. The van der Waals surface area contributed by atoms with Gasteiger partial charge in [0, 0.05) is 13.6 Å². The number of nitrogens with zero attached hydrogens (tertiary/aromatic N) is 2. The summed E-state index contributed by atoms with van der Waals surface area (Å²) in [4.78, 5) is 8.07. The fourth-order valence-corrected chi connectivity index (χ4v) is 0.987. The zero-order valence-corrected chi connectivity index (χ0v) is 6.80. The van der Waals surface area contributed by atoms with E-state index in [1.54, 1.807) is 13.4 Å². The fourth-order valence-electron chi connectivity index (χ4n) is 0.987. The molecule has 60 valence electrons. The Balaban J connectivity index is 2.54. The van der Waals surface area contributed by atoms with Crippen molar-refractivity contribution in [3.8, 4) is 0 Å². The molecule has 0 fully saturated rings. The van der Waals surface area contributed by atoms with Crippen molar-refractivity contribution in [2.75, 3.05) is 13.6 Å². The zero-order valence-electron chi connectivity index (χ0n) is 6.80. The van der Waals surface area contributed by atoms with Gasteiger partial charge >= 0.3 is 0 Å². The third-order valence-electron chi connectivity index (χ3n) is 1.57. The average molecular weight is 151 g/mol. The molecule has 1 rings (SSSR count). The highest BCUT2D eigenvalue weighted by atomic mass is 15.0. The van der Waals surface area contributed by atoms with Gasteiger partial charge in [-0.3, -0.25) is 9.98 Å². The zero-order chi connectivity index (χ0) is 8.10. The Hall–Kier alpha value is -1.12. The van der Waals surface area contributed by atoms with Crippen LogP contribution in [-0.4, -0.2) is 25.8 Å². The maximum atomic E-state index is 4.26. The van der Waals surface area contributed by atoms with Crippen molar-refractivity contribution in [3.05, 3.63) is 12.2 Å². The Morgan fingerprint density at radius 2 is 2.55 bits per heavy atom. The quantitative estimate of drug-likeness (QED) is 0.440. The molecule has 0 aliphatic carbocycles. The summed E-state index contributed by atoms with van der Waals surface area (Å²) in [5.74, 6) is 0.891. The first kappa shape index (κ1) is 7.98. The van der Waals surface area contributed by atoms with E-state index in [4.69, 9.17) is 0 Å². The van der Waals surface area contributed by atoms with Crippen molar-refractivity contribution in [3.63, 3.8) is 0 Å². The summed E-state index contributed by atoms with van der Waals surface area (Å²) in [7, 11) is 1.72. The fraction of sp³-hybridized carbons (Fsp3) is 0.500. The summed E-state index contributed by atoms with van der Waals surface area (Å²) in [6, 6.07) is 0. The summed E-state index contributed by atoms with van der Waals surface area (Å²) < 4.78 is 0. The van der Waals surface area contributed by atoms with Crippen molar-refractivity contribution < 1.29 is 0 Å². The van der Waals surface area contributed by atoms with E-state index in [0.717, 1.165) is 30.8 Å². The van der Waals surface area contributed by atoms with Gasteiger partial charge in [-0.15, -0.1) is 0 Å². The van der Waals surface area contributed by atoms with Crippen molar-refractivity contribution >= 4 is 12.2 Å². The minimum absolute atomic E-state index is 0.891. The van der Waals surface area contributed by atoms with E-state index in [0.29, 0.717) is 0 Å². The van der Waals surface area contributed by atoms with Crippen molar-refractivity contribution in [1.82, 2.24) is 5.32 Å². The van der Waals surface area contributed by atoms with E-state index < -0.39 is 0 Å². The van der Waals surface area contributed by atoms with Crippen LogP contribution in [-0.2, 0) is 0 Å². The summed E-state index contributed by atoms with van der Waals surface area (Å²) in [6.45, 7) is 4.80. The van der Waals surface area contributed by atoms with Crippen LogP contribution in [0.15, 0.2) is 22.1 Å². The lowest BCUT2D eigenvalue weighted by Gasteiger charge is -2.13. The molecule has 1 heterocycles. The molecule has 1 aliphatic heterocycles. The molecule has 0 saturated heterocycles. The number of rotatable bonds is 1. The van der Waals surface area contributed by atoms with E-state index in [2.05, 4.69) is 21.9 Å². The third kappa shape index (κ3) is 2.18. The molecule has 0 saturated carbocycles. The molecular formula is C8H13N3. The summed E-state index contributed by atoms with van der Waals surface area (Å²) in [6.07, 6.45) is 3.80. The van der Waals surface area contributed by atoms with E-state index in [-0.39, 0.29) is 0 Å². The largest absolute Gasteiger partial charge is 0.332 e. The predicted molar refractivity (Wildman–Crippen MR) is 48.2 cm³/mol. The van der Waals surface area contributed by atoms with Crippen molar-refractivity contribution in [1.29, 1.82) is 0 Å². The van der Waals surface area contributed by atoms with Gasteiger partial charge in [0.05, 0.1) is 6.34 Å². The first-order valence-corrected chi connectivity index (χ1v) is 3.74. The summed E-state index contributed by atoms with van der Waals surface area (Å²) >= 11 is 0. The third-order valence-corrected chi connectivity index (χ3v) is 1.57. The normalized spacial score (nSPS) is 18.6. The van der Waals surface area contributed by atoms with Crippen LogP contribution in [0, 0.1) is 0 Å².